The molecule has 0 spiro atoms. The number of amides is 2. The quantitative estimate of drug-likeness (QED) is 0.641. The Labute approximate surface area is 168 Å². The molecule has 0 saturated carbocycles. The summed E-state index contributed by atoms with van der Waals surface area (Å²) >= 11 is 1.36. The summed E-state index contributed by atoms with van der Waals surface area (Å²) in [7, 11) is 1.72. The Balaban J connectivity index is 1.66. The van der Waals surface area contributed by atoms with Gasteiger partial charge in [-0.05, 0) is 22.9 Å². The van der Waals surface area contributed by atoms with E-state index in [1.165, 1.54) is 11.3 Å². The Hall–Kier alpha value is -2.93. The number of thiophene rings is 1. The van der Waals surface area contributed by atoms with Gasteiger partial charge in [-0.25, -0.2) is 4.98 Å². The number of carbonyl (C=O) groups excluding carboxylic acids is 2. The van der Waals surface area contributed by atoms with Crippen molar-refractivity contribution in [1.29, 1.82) is 0 Å². The van der Waals surface area contributed by atoms with Crippen molar-refractivity contribution in [1.82, 2.24) is 20.2 Å². The summed E-state index contributed by atoms with van der Waals surface area (Å²) in [6.07, 6.45) is 1.77. The molecule has 1 atom stereocenters. The molecular weight excluding hydrogens is 372 g/mol. The van der Waals surface area contributed by atoms with E-state index in [9.17, 15) is 9.59 Å². The van der Waals surface area contributed by atoms with E-state index in [1.54, 1.807) is 24.2 Å². The molecule has 0 aliphatic heterocycles. The third-order valence-corrected chi connectivity index (χ3v) is 5.31. The number of rotatable bonds is 7. The van der Waals surface area contributed by atoms with Crippen LogP contribution in [0, 0.1) is 5.92 Å². The number of H-pyrrole nitrogens is 1. The van der Waals surface area contributed by atoms with Crippen LogP contribution in [-0.2, 0) is 11.3 Å². The van der Waals surface area contributed by atoms with Crippen LogP contribution in [0.5, 0.6) is 0 Å². The van der Waals surface area contributed by atoms with Crippen LogP contribution in [0.3, 0.4) is 0 Å². The average Bonchev–Trinajstić information content (AvgIpc) is 3.38. The minimum atomic E-state index is -0.594. The van der Waals surface area contributed by atoms with E-state index >= 15 is 0 Å². The summed E-state index contributed by atoms with van der Waals surface area (Å²) < 4.78 is 0. The number of nitrogens with one attached hydrogen (secondary N) is 2. The molecule has 2 heterocycles. The molecule has 2 N–H and O–H groups in total. The molecule has 0 bridgehead atoms. The highest BCUT2D eigenvalue weighted by Gasteiger charge is 2.28. The maximum absolute atomic E-state index is 12.9. The first-order valence-corrected chi connectivity index (χ1v) is 10.0. The van der Waals surface area contributed by atoms with Gasteiger partial charge in [0.25, 0.3) is 5.91 Å². The largest absolute Gasteiger partial charge is 0.341 e. The van der Waals surface area contributed by atoms with Crippen molar-refractivity contribution in [3.05, 3.63) is 64.7 Å². The zero-order valence-electron chi connectivity index (χ0n) is 16.2. The third-order valence-electron chi connectivity index (χ3n) is 4.44. The molecule has 3 rings (SSSR count). The fraction of sp³-hybridized carbons (Fsp3) is 0.286. The molecule has 7 heteroatoms. The zero-order chi connectivity index (χ0) is 20.1. The van der Waals surface area contributed by atoms with Crippen LogP contribution >= 0.6 is 11.3 Å². The lowest BCUT2D eigenvalue weighted by molar-refractivity contribution is -0.133. The van der Waals surface area contributed by atoms with Crippen molar-refractivity contribution in [2.24, 2.45) is 5.92 Å². The van der Waals surface area contributed by atoms with Crippen molar-refractivity contribution in [2.75, 3.05) is 7.05 Å². The molecule has 0 unspecified atom stereocenters. The van der Waals surface area contributed by atoms with Crippen LogP contribution in [0.2, 0.25) is 0 Å². The smallest absolute Gasteiger partial charge is 0.262 e. The van der Waals surface area contributed by atoms with Crippen molar-refractivity contribution >= 4 is 23.2 Å². The van der Waals surface area contributed by atoms with Gasteiger partial charge < -0.3 is 15.2 Å². The molecule has 1 aromatic carbocycles. The predicted molar refractivity (Wildman–Crippen MR) is 111 cm³/mol. The lowest BCUT2D eigenvalue weighted by atomic mass is 10.0. The molecule has 28 heavy (non-hydrogen) atoms. The third kappa shape index (κ3) is 4.67. The Morgan fingerprint density at radius 1 is 1.18 bits per heavy atom. The van der Waals surface area contributed by atoms with Crippen LogP contribution in [0.1, 0.15) is 29.3 Å². The number of likely N-dealkylation sites (N-methyl/N-ethyl adjacent to an activating group) is 1. The highest BCUT2D eigenvalue weighted by atomic mass is 32.1. The number of hydrogen-bond acceptors (Lipinski definition) is 4. The lowest BCUT2D eigenvalue weighted by Crippen LogP contribution is -2.49. The second-order valence-corrected chi connectivity index (χ2v) is 7.92. The van der Waals surface area contributed by atoms with E-state index < -0.39 is 6.04 Å². The molecule has 0 fully saturated rings. The second kappa shape index (κ2) is 8.84. The molecule has 3 aromatic rings. The standard InChI is InChI=1S/C21H24N4O2S/c1-14(2)19(24-20(26)17-10-7-11-28-17)21(27)25(3)13-18-22-12-16(23-18)15-8-5-4-6-9-15/h4-12,14,19H,13H2,1-3H3,(H,22,23)(H,24,26)/t19-/m0/s1. The highest BCUT2D eigenvalue weighted by Crippen LogP contribution is 2.17. The number of nitrogens with zero attached hydrogens (tertiary/aromatic N) is 2. The van der Waals surface area contributed by atoms with Gasteiger partial charge >= 0.3 is 0 Å². The zero-order valence-corrected chi connectivity index (χ0v) is 17.0. The SMILES string of the molecule is CC(C)[C@H](NC(=O)c1cccs1)C(=O)N(C)Cc1ncc(-c2ccccc2)[nH]1. The maximum atomic E-state index is 12.9. The number of carbonyl (C=O) groups is 2. The maximum Gasteiger partial charge on any atom is 0.262 e. The normalized spacial score (nSPS) is 12.0. The predicted octanol–water partition coefficient (Wildman–Crippen LogP) is 3.55. The number of imidazole rings is 1. The van der Waals surface area contributed by atoms with Gasteiger partial charge in [-0.2, -0.15) is 0 Å². The Morgan fingerprint density at radius 3 is 2.57 bits per heavy atom. The van der Waals surface area contributed by atoms with Crippen LogP contribution in [0.4, 0.5) is 0 Å². The summed E-state index contributed by atoms with van der Waals surface area (Å²) in [6.45, 7) is 4.18. The van der Waals surface area contributed by atoms with Crippen LogP contribution < -0.4 is 5.32 Å². The lowest BCUT2D eigenvalue weighted by Gasteiger charge is -2.26. The average molecular weight is 397 g/mol. The first-order chi connectivity index (χ1) is 13.5. The van der Waals surface area contributed by atoms with Gasteiger partial charge in [0.2, 0.25) is 5.91 Å². The molecule has 0 radical (unpaired) electrons. The van der Waals surface area contributed by atoms with Gasteiger partial charge in [0, 0.05) is 7.05 Å². The minimum absolute atomic E-state index is 0.0321. The van der Waals surface area contributed by atoms with Crippen molar-refractivity contribution < 1.29 is 9.59 Å². The Kier molecular flexibility index (Phi) is 6.26. The first-order valence-electron chi connectivity index (χ1n) is 9.14. The van der Waals surface area contributed by atoms with Crippen LogP contribution in [-0.4, -0.2) is 39.8 Å². The van der Waals surface area contributed by atoms with E-state index in [0.717, 1.165) is 11.3 Å². The summed E-state index contributed by atoms with van der Waals surface area (Å²) in [4.78, 5) is 35.1. The molecule has 2 amide bonds. The topological polar surface area (TPSA) is 78.1 Å². The summed E-state index contributed by atoms with van der Waals surface area (Å²) in [5, 5.41) is 4.71. The molecular formula is C21H24N4O2S. The number of benzene rings is 1. The Morgan fingerprint density at radius 2 is 1.93 bits per heavy atom. The van der Waals surface area contributed by atoms with Crippen LogP contribution in [0.25, 0.3) is 11.3 Å². The Bertz CT molecular complexity index is 919. The van der Waals surface area contributed by atoms with Gasteiger partial charge in [-0.3, -0.25) is 9.59 Å². The number of aromatic amines is 1. The summed E-state index contributed by atoms with van der Waals surface area (Å²) in [5.41, 5.74) is 1.95. The van der Waals surface area contributed by atoms with Gasteiger partial charge in [0.15, 0.2) is 0 Å². The molecule has 0 aliphatic rings. The first kappa shape index (κ1) is 19.8. The molecule has 6 nitrogen and oxygen atoms in total. The summed E-state index contributed by atoms with van der Waals surface area (Å²) in [6, 6.07) is 12.9. The van der Waals surface area contributed by atoms with Gasteiger partial charge in [-0.15, -0.1) is 11.3 Å². The fourth-order valence-electron chi connectivity index (χ4n) is 2.88. The van der Waals surface area contributed by atoms with Crippen molar-refractivity contribution in [2.45, 2.75) is 26.4 Å². The van der Waals surface area contributed by atoms with E-state index in [4.69, 9.17) is 0 Å². The van der Waals surface area contributed by atoms with Gasteiger partial charge in [0.1, 0.15) is 11.9 Å². The van der Waals surface area contributed by atoms with E-state index in [1.807, 2.05) is 55.6 Å². The molecule has 0 saturated heterocycles. The highest BCUT2D eigenvalue weighted by molar-refractivity contribution is 7.12. The fourth-order valence-corrected chi connectivity index (χ4v) is 3.51. The van der Waals surface area contributed by atoms with Gasteiger partial charge in [-0.1, -0.05) is 50.2 Å². The van der Waals surface area contributed by atoms with E-state index in [0.29, 0.717) is 17.2 Å². The van der Waals surface area contributed by atoms with Gasteiger partial charge in [0.05, 0.1) is 23.3 Å². The van der Waals surface area contributed by atoms with E-state index in [2.05, 4.69) is 15.3 Å². The molecule has 2 aromatic heterocycles. The van der Waals surface area contributed by atoms with E-state index in [-0.39, 0.29) is 17.7 Å². The minimum Gasteiger partial charge on any atom is -0.341 e. The van der Waals surface area contributed by atoms with Crippen LogP contribution in [0.15, 0.2) is 54.0 Å². The number of hydrogen-bond donors (Lipinski definition) is 2. The monoisotopic (exact) mass is 396 g/mol. The van der Waals surface area contributed by atoms with Crippen molar-refractivity contribution in [3.63, 3.8) is 0 Å². The number of aromatic nitrogens is 2. The molecule has 146 valence electrons. The van der Waals surface area contributed by atoms with Crippen molar-refractivity contribution in [3.8, 4) is 11.3 Å². The second-order valence-electron chi connectivity index (χ2n) is 6.98. The summed E-state index contributed by atoms with van der Waals surface area (Å²) in [5.74, 6) is 0.300. The molecule has 0 aliphatic carbocycles.